The maximum atomic E-state index is 11.8. The lowest BCUT2D eigenvalue weighted by atomic mass is 10.2. The van der Waals surface area contributed by atoms with Crippen LogP contribution in [0, 0.1) is 0 Å². The molecule has 0 saturated carbocycles. The molecule has 1 N–H and O–H groups in total. The molecule has 0 fully saturated rings. The molecule has 0 saturated heterocycles. The van der Waals surface area contributed by atoms with E-state index in [1.165, 1.54) is 18.5 Å². The Labute approximate surface area is 105 Å². The van der Waals surface area contributed by atoms with Crippen molar-refractivity contribution in [2.45, 2.75) is 0 Å². The quantitative estimate of drug-likeness (QED) is 0.914. The molecule has 1 aromatic carbocycles. The van der Waals surface area contributed by atoms with E-state index in [4.69, 9.17) is 0 Å². The number of rotatable bonds is 3. The van der Waals surface area contributed by atoms with Crippen molar-refractivity contribution < 1.29 is 13.2 Å². The molecule has 0 bridgehead atoms. The molecule has 1 amide bonds. The molecule has 1 aromatic heterocycles. The predicted octanol–water partition coefficient (Wildman–Crippen LogP) is 1.55. The van der Waals surface area contributed by atoms with E-state index < -0.39 is 10.0 Å². The van der Waals surface area contributed by atoms with Crippen LogP contribution in [0.5, 0.6) is 0 Å². The van der Waals surface area contributed by atoms with Crippen molar-refractivity contribution in [1.82, 2.24) is 3.97 Å². The van der Waals surface area contributed by atoms with Gasteiger partial charge in [-0.2, -0.15) is 0 Å². The van der Waals surface area contributed by atoms with Crippen LogP contribution in [0.2, 0.25) is 0 Å². The SMILES string of the molecule is CS(=O)(=O)n1ccc(NC(=O)c2ccccc2)c1. The zero-order chi connectivity index (χ0) is 13.2. The number of benzene rings is 1. The van der Waals surface area contributed by atoms with E-state index in [-0.39, 0.29) is 5.91 Å². The lowest BCUT2D eigenvalue weighted by molar-refractivity contribution is 0.102. The molecule has 5 nitrogen and oxygen atoms in total. The average Bonchev–Trinajstić information content (AvgIpc) is 2.78. The topological polar surface area (TPSA) is 68.2 Å². The second-order valence-corrected chi connectivity index (χ2v) is 5.70. The molecule has 0 aliphatic heterocycles. The molecule has 18 heavy (non-hydrogen) atoms. The standard InChI is InChI=1S/C12H12N2O3S/c1-18(16,17)14-8-7-11(9-14)13-12(15)10-5-3-2-4-6-10/h2-9H,1H3,(H,13,15). The van der Waals surface area contributed by atoms with Crippen molar-refractivity contribution in [2.75, 3.05) is 11.6 Å². The first-order chi connectivity index (χ1) is 8.47. The van der Waals surface area contributed by atoms with Crippen molar-refractivity contribution in [3.8, 4) is 0 Å². The Hall–Kier alpha value is -2.08. The third kappa shape index (κ3) is 2.78. The Kier molecular flexibility index (Phi) is 3.20. The van der Waals surface area contributed by atoms with Crippen molar-refractivity contribution in [2.24, 2.45) is 0 Å². The van der Waals surface area contributed by atoms with Crippen LogP contribution in [0.4, 0.5) is 5.69 Å². The normalized spacial score (nSPS) is 11.2. The Morgan fingerprint density at radius 3 is 2.39 bits per heavy atom. The van der Waals surface area contributed by atoms with Gasteiger partial charge in [0.05, 0.1) is 11.9 Å². The maximum absolute atomic E-state index is 11.8. The van der Waals surface area contributed by atoms with Crippen LogP contribution in [0.25, 0.3) is 0 Å². The summed E-state index contributed by atoms with van der Waals surface area (Å²) in [5.74, 6) is -0.276. The third-order valence-electron chi connectivity index (χ3n) is 2.34. The molecular weight excluding hydrogens is 252 g/mol. The lowest BCUT2D eigenvalue weighted by Gasteiger charge is -2.02. The van der Waals surface area contributed by atoms with Gasteiger partial charge in [0.15, 0.2) is 0 Å². The minimum atomic E-state index is -3.32. The number of anilines is 1. The average molecular weight is 264 g/mol. The monoisotopic (exact) mass is 264 g/mol. The number of nitrogens with zero attached hydrogens (tertiary/aromatic N) is 1. The Bertz CT molecular complexity index is 660. The Balaban J connectivity index is 2.16. The molecule has 0 aliphatic rings. The van der Waals surface area contributed by atoms with Crippen LogP contribution >= 0.6 is 0 Å². The molecule has 0 spiro atoms. The highest BCUT2D eigenvalue weighted by Crippen LogP contribution is 2.11. The van der Waals surface area contributed by atoms with Gasteiger partial charge >= 0.3 is 0 Å². The molecular formula is C12H12N2O3S. The molecule has 6 heteroatoms. The van der Waals surface area contributed by atoms with Crippen molar-refractivity contribution in [3.63, 3.8) is 0 Å². The number of amides is 1. The van der Waals surface area contributed by atoms with Gasteiger partial charge < -0.3 is 5.32 Å². The van der Waals surface area contributed by atoms with E-state index in [0.29, 0.717) is 11.3 Å². The largest absolute Gasteiger partial charge is 0.321 e. The minimum Gasteiger partial charge on any atom is -0.321 e. The molecule has 94 valence electrons. The fourth-order valence-corrected chi connectivity index (χ4v) is 2.04. The molecule has 0 aliphatic carbocycles. The summed E-state index contributed by atoms with van der Waals surface area (Å²) in [5.41, 5.74) is 0.957. The summed E-state index contributed by atoms with van der Waals surface area (Å²) in [7, 11) is -3.32. The first kappa shape index (κ1) is 12.4. The summed E-state index contributed by atoms with van der Waals surface area (Å²) < 4.78 is 23.6. The number of carbonyl (C=O) groups excluding carboxylic acids is 1. The highest BCUT2D eigenvalue weighted by Gasteiger charge is 2.09. The van der Waals surface area contributed by atoms with Crippen LogP contribution in [-0.4, -0.2) is 24.6 Å². The number of hydrogen-bond donors (Lipinski definition) is 1. The summed E-state index contributed by atoms with van der Waals surface area (Å²) in [6, 6.07) is 10.2. The summed E-state index contributed by atoms with van der Waals surface area (Å²) >= 11 is 0. The Morgan fingerprint density at radius 2 is 1.83 bits per heavy atom. The van der Waals surface area contributed by atoms with Crippen molar-refractivity contribution >= 4 is 21.6 Å². The second kappa shape index (κ2) is 4.66. The van der Waals surface area contributed by atoms with E-state index in [0.717, 1.165) is 10.2 Å². The van der Waals surface area contributed by atoms with Crippen LogP contribution in [0.15, 0.2) is 48.8 Å². The van der Waals surface area contributed by atoms with Gasteiger partial charge in [-0.25, -0.2) is 8.42 Å². The van der Waals surface area contributed by atoms with Gasteiger partial charge in [-0.3, -0.25) is 8.77 Å². The fraction of sp³-hybridized carbons (Fsp3) is 0.0833. The smallest absolute Gasteiger partial charge is 0.255 e. The number of hydrogen-bond acceptors (Lipinski definition) is 3. The molecule has 0 unspecified atom stereocenters. The van der Waals surface area contributed by atoms with Gasteiger partial charge in [-0.15, -0.1) is 0 Å². The van der Waals surface area contributed by atoms with Gasteiger partial charge in [0, 0.05) is 18.0 Å². The van der Waals surface area contributed by atoms with Gasteiger partial charge in [0.25, 0.3) is 5.91 Å². The minimum absolute atomic E-state index is 0.276. The highest BCUT2D eigenvalue weighted by atomic mass is 32.2. The third-order valence-corrected chi connectivity index (χ3v) is 3.34. The van der Waals surface area contributed by atoms with Crippen LogP contribution in [0.1, 0.15) is 10.4 Å². The van der Waals surface area contributed by atoms with E-state index in [9.17, 15) is 13.2 Å². The predicted molar refractivity (Wildman–Crippen MR) is 69.1 cm³/mol. The first-order valence-electron chi connectivity index (χ1n) is 5.22. The second-order valence-electron chi connectivity index (χ2n) is 3.81. The van der Waals surface area contributed by atoms with Crippen LogP contribution in [0.3, 0.4) is 0 Å². The highest BCUT2D eigenvalue weighted by molar-refractivity contribution is 7.89. The van der Waals surface area contributed by atoms with E-state index in [1.807, 2.05) is 6.07 Å². The van der Waals surface area contributed by atoms with E-state index in [1.54, 1.807) is 24.3 Å². The summed E-state index contributed by atoms with van der Waals surface area (Å²) in [5, 5.41) is 2.63. The number of aromatic nitrogens is 1. The van der Waals surface area contributed by atoms with E-state index >= 15 is 0 Å². The summed E-state index contributed by atoms with van der Waals surface area (Å²) in [4.78, 5) is 11.8. The lowest BCUT2D eigenvalue weighted by Crippen LogP contribution is -2.11. The van der Waals surface area contributed by atoms with E-state index in [2.05, 4.69) is 5.32 Å². The van der Waals surface area contributed by atoms with Crippen LogP contribution in [-0.2, 0) is 10.0 Å². The van der Waals surface area contributed by atoms with Crippen molar-refractivity contribution in [1.29, 1.82) is 0 Å². The molecule has 0 radical (unpaired) electrons. The zero-order valence-electron chi connectivity index (χ0n) is 9.70. The molecule has 1 heterocycles. The summed E-state index contributed by atoms with van der Waals surface area (Å²) in [6.45, 7) is 0. The number of carbonyl (C=O) groups is 1. The fourth-order valence-electron chi connectivity index (χ4n) is 1.45. The zero-order valence-corrected chi connectivity index (χ0v) is 10.5. The summed E-state index contributed by atoms with van der Waals surface area (Å²) in [6.07, 6.45) is 3.84. The van der Waals surface area contributed by atoms with Crippen LogP contribution < -0.4 is 5.32 Å². The first-order valence-corrected chi connectivity index (χ1v) is 7.06. The van der Waals surface area contributed by atoms with Crippen molar-refractivity contribution in [3.05, 3.63) is 54.4 Å². The maximum Gasteiger partial charge on any atom is 0.255 e. The molecule has 2 aromatic rings. The molecule has 0 atom stereocenters. The van der Waals surface area contributed by atoms with Gasteiger partial charge in [-0.05, 0) is 18.2 Å². The van der Waals surface area contributed by atoms with Gasteiger partial charge in [0.2, 0.25) is 10.0 Å². The van der Waals surface area contributed by atoms with Gasteiger partial charge in [-0.1, -0.05) is 18.2 Å². The Morgan fingerprint density at radius 1 is 1.17 bits per heavy atom. The number of nitrogens with one attached hydrogen (secondary N) is 1. The molecule has 2 rings (SSSR count). The van der Waals surface area contributed by atoms with Gasteiger partial charge in [0.1, 0.15) is 0 Å².